The molecule has 0 spiro atoms. The third kappa shape index (κ3) is 7.52. The van der Waals surface area contributed by atoms with Crippen molar-refractivity contribution in [1.82, 2.24) is 4.98 Å². The first-order valence-corrected chi connectivity index (χ1v) is 11.4. The molecule has 0 atom stereocenters. The number of carbonyl (C=O) groups excluding carboxylic acids is 1. The standard InChI is InChI=1S/C26H25Cl2NO4/c1-3-4-13-31-25(30)12-9-19-14-18(2)26(23(28)15-19)33-24-11-10-21(16-29-24)32-17-20-7-5-6-8-22(20)27/h5-12,14-16H,3-4,13,17H2,1-2H3. The second-order valence-corrected chi connectivity index (χ2v) is 8.13. The van der Waals surface area contributed by atoms with Gasteiger partial charge in [-0.15, -0.1) is 0 Å². The monoisotopic (exact) mass is 485 g/mol. The summed E-state index contributed by atoms with van der Waals surface area (Å²) in [6, 6.07) is 14.6. The minimum atomic E-state index is -0.376. The summed E-state index contributed by atoms with van der Waals surface area (Å²) in [5.74, 6) is 1.10. The molecule has 0 bridgehead atoms. The molecule has 0 saturated heterocycles. The minimum absolute atomic E-state index is 0.341. The summed E-state index contributed by atoms with van der Waals surface area (Å²) in [4.78, 5) is 16.0. The van der Waals surface area contributed by atoms with Crippen LogP contribution in [0.4, 0.5) is 0 Å². The van der Waals surface area contributed by atoms with E-state index < -0.39 is 0 Å². The largest absolute Gasteiger partial charge is 0.487 e. The normalized spacial score (nSPS) is 10.9. The Morgan fingerprint density at radius 2 is 1.91 bits per heavy atom. The van der Waals surface area contributed by atoms with Crippen molar-refractivity contribution < 1.29 is 19.0 Å². The molecule has 5 nitrogen and oxygen atoms in total. The number of hydrogen-bond donors (Lipinski definition) is 0. The van der Waals surface area contributed by atoms with Gasteiger partial charge in [-0.2, -0.15) is 0 Å². The van der Waals surface area contributed by atoms with Gasteiger partial charge in [-0.25, -0.2) is 9.78 Å². The Kier molecular flexibility index (Phi) is 9.16. The van der Waals surface area contributed by atoms with Crippen molar-refractivity contribution in [3.8, 4) is 17.4 Å². The van der Waals surface area contributed by atoms with E-state index in [1.807, 2.05) is 44.2 Å². The van der Waals surface area contributed by atoms with E-state index in [9.17, 15) is 4.79 Å². The van der Waals surface area contributed by atoms with Crippen LogP contribution in [0.1, 0.15) is 36.5 Å². The highest BCUT2D eigenvalue weighted by atomic mass is 35.5. The average Bonchev–Trinajstić information content (AvgIpc) is 2.80. The maximum Gasteiger partial charge on any atom is 0.330 e. The molecule has 1 heterocycles. The highest BCUT2D eigenvalue weighted by molar-refractivity contribution is 6.32. The van der Waals surface area contributed by atoms with Crippen molar-refractivity contribution in [3.63, 3.8) is 0 Å². The number of unbranched alkanes of at least 4 members (excludes halogenated alkanes) is 1. The fourth-order valence-corrected chi connectivity index (χ4v) is 3.41. The molecule has 3 rings (SSSR count). The number of hydrogen-bond acceptors (Lipinski definition) is 5. The van der Waals surface area contributed by atoms with Gasteiger partial charge in [0.25, 0.3) is 0 Å². The predicted molar refractivity (Wildman–Crippen MR) is 131 cm³/mol. The topological polar surface area (TPSA) is 57.7 Å². The molecule has 0 saturated carbocycles. The van der Waals surface area contributed by atoms with Gasteiger partial charge in [0.2, 0.25) is 5.88 Å². The van der Waals surface area contributed by atoms with Crippen LogP contribution < -0.4 is 9.47 Å². The van der Waals surface area contributed by atoms with Crippen LogP contribution in [-0.2, 0) is 16.1 Å². The number of pyridine rings is 1. The van der Waals surface area contributed by atoms with Crippen LogP contribution in [0, 0.1) is 6.92 Å². The van der Waals surface area contributed by atoms with Crippen LogP contribution in [0.5, 0.6) is 17.4 Å². The van der Waals surface area contributed by atoms with Crippen molar-refractivity contribution in [2.24, 2.45) is 0 Å². The molecular formula is C26H25Cl2NO4. The van der Waals surface area contributed by atoms with Crippen molar-refractivity contribution in [2.45, 2.75) is 33.3 Å². The first-order valence-electron chi connectivity index (χ1n) is 10.6. The van der Waals surface area contributed by atoms with Crippen LogP contribution in [0.25, 0.3) is 6.08 Å². The van der Waals surface area contributed by atoms with E-state index in [4.69, 9.17) is 37.4 Å². The second-order valence-electron chi connectivity index (χ2n) is 7.32. The summed E-state index contributed by atoms with van der Waals surface area (Å²) >= 11 is 12.6. The lowest BCUT2D eigenvalue weighted by Gasteiger charge is -2.12. The molecule has 1 aromatic heterocycles. The molecule has 0 aliphatic rings. The Labute approximate surface area is 203 Å². The summed E-state index contributed by atoms with van der Waals surface area (Å²) in [7, 11) is 0. The highest BCUT2D eigenvalue weighted by Gasteiger charge is 2.10. The number of benzene rings is 2. The predicted octanol–water partition coefficient (Wildman–Crippen LogP) is 7.42. The van der Waals surface area contributed by atoms with Crippen molar-refractivity contribution in [1.29, 1.82) is 0 Å². The summed E-state index contributed by atoms with van der Waals surface area (Å²) in [6.45, 7) is 4.67. The second kappa shape index (κ2) is 12.3. The summed E-state index contributed by atoms with van der Waals surface area (Å²) in [6.07, 6.45) is 6.46. The van der Waals surface area contributed by atoms with Crippen molar-refractivity contribution >= 4 is 35.2 Å². The molecule has 0 radical (unpaired) electrons. The van der Waals surface area contributed by atoms with E-state index in [0.29, 0.717) is 40.6 Å². The Morgan fingerprint density at radius 1 is 1.09 bits per heavy atom. The van der Waals surface area contributed by atoms with Crippen LogP contribution >= 0.6 is 23.2 Å². The molecule has 0 aliphatic heterocycles. The van der Waals surface area contributed by atoms with Gasteiger partial charge in [0.1, 0.15) is 12.4 Å². The quantitative estimate of drug-likeness (QED) is 0.170. The fraction of sp³-hybridized carbons (Fsp3) is 0.231. The molecule has 33 heavy (non-hydrogen) atoms. The summed E-state index contributed by atoms with van der Waals surface area (Å²) in [5.41, 5.74) is 2.47. The molecule has 0 amide bonds. The maximum atomic E-state index is 11.7. The van der Waals surface area contributed by atoms with Gasteiger partial charge in [-0.05, 0) is 54.8 Å². The molecule has 0 aliphatic carbocycles. The summed E-state index contributed by atoms with van der Waals surface area (Å²) < 4.78 is 16.7. The van der Waals surface area contributed by atoms with Gasteiger partial charge in [0, 0.05) is 22.7 Å². The number of aryl methyl sites for hydroxylation is 1. The summed E-state index contributed by atoms with van der Waals surface area (Å²) in [5, 5.41) is 1.07. The van der Waals surface area contributed by atoms with Gasteiger partial charge in [-0.3, -0.25) is 0 Å². The lowest BCUT2D eigenvalue weighted by atomic mass is 10.1. The number of ether oxygens (including phenoxy) is 3. The lowest BCUT2D eigenvalue weighted by Crippen LogP contribution is -2.01. The Balaban J connectivity index is 1.61. The van der Waals surface area contributed by atoms with Gasteiger partial charge < -0.3 is 14.2 Å². The highest BCUT2D eigenvalue weighted by Crippen LogP contribution is 2.34. The third-order valence-electron chi connectivity index (χ3n) is 4.67. The van der Waals surface area contributed by atoms with E-state index >= 15 is 0 Å². The molecule has 7 heteroatoms. The van der Waals surface area contributed by atoms with Gasteiger partial charge >= 0.3 is 5.97 Å². The minimum Gasteiger partial charge on any atom is -0.487 e. The number of rotatable bonds is 10. The molecule has 0 N–H and O–H groups in total. The number of esters is 1. The number of carbonyl (C=O) groups is 1. The van der Waals surface area contributed by atoms with Crippen molar-refractivity contribution in [2.75, 3.05) is 6.61 Å². The van der Waals surface area contributed by atoms with E-state index in [1.54, 1.807) is 30.5 Å². The Morgan fingerprint density at radius 3 is 2.61 bits per heavy atom. The van der Waals surface area contributed by atoms with Crippen LogP contribution in [0.3, 0.4) is 0 Å². The van der Waals surface area contributed by atoms with Gasteiger partial charge in [0.05, 0.1) is 17.8 Å². The lowest BCUT2D eigenvalue weighted by molar-refractivity contribution is -0.137. The molecule has 3 aromatic rings. The van der Waals surface area contributed by atoms with E-state index in [1.165, 1.54) is 6.08 Å². The molecule has 0 fully saturated rings. The maximum absolute atomic E-state index is 11.7. The zero-order chi connectivity index (χ0) is 23.6. The van der Waals surface area contributed by atoms with Crippen LogP contribution in [0.2, 0.25) is 10.0 Å². The van der Waals surface area contributed by atoms with E-state index in [0.717, 1.165) is 29.5 Å². The van der Waals surface area contributed by atoms with Gasteiger partial charge in [-0.1, -0.05) is 54.7 Å². The first-order chi connectivity index (χ1) is 16.0. The molecule has 2 aromatic carbocycles. The smallest absolute Gasteiger partial charge is 0.330 e. The number of aromatic nitrogens is 1. The Bertz CT molecular complexity index is 1090. The molecular weight excluding hydrogens is 461 g/mol. The Hall–Kier alpha value is -3.02. The molecule has 172 valence electrons. The van der Waals surface area contributed by atoms with Crippen LogP contribution in [0.15, 0.2) is 60.8 Å². The zero-order valence-electron chi connectivity index (χ0n) is 18.5. The fourth-order valence-electron chi connectivity index (χ4n) is 2.91. The first kappa shape index (κ1) is 24.6. The number of nitrogens with zero attached hydrogens (tertiary/aromatic N) is 1. The van der Waals surface area contributed by atoms with Crippen LogP contribution in [-0.4, -0.2) is 17.6 Å². The van der Waals surface area contributed by atoms with Gasteiger partial charge in [0.15, 0.2) is 5.75 Å². The molecule has 0 unspecified atom stereocenters. The third-order valence-corrected chi connectivity index (χ3v) is 5.32. The average molecular weight is 486 g/mol. The number of halogens is 2. The SMILES string of the molecule is CCCCOC(=O)C=Cc1cc(C)c(Oc2ccc(OCc3ccccc3Cl)cn2)c(Cl)c1. The van der Waals surface area contributed by atoms with E-state index in [-0.39, 0.29) is 5.97 Å². The van der Waals surface area contributed by atoms with E-state index in [2.05, 4.69) is 4.98 Å². The zero-order valence-corrected chi connectivity index (χ0v) is 20.0. The van der Waals surface area contributed by atoms with Crippen molar-refractivity contribution in [3.05, 3.63) is 87.5 Å².